The molecule has 3 unspecified atom stereocenters. The first-order chi connectivity index (χ1) is 8.02. The first kappa shape index (κ1) is 13.5. The Bertz CT molecular complexity index is 290. The van der Waals surface area contributed by atoms with Crippen LogP contribution in [0.2, 0.25) is 0 Å². The van der Waals surface area contributed by atoms with Crippen molar-refractivity contribution in [1.82, 2.24) is 0 Å². The van der Waals surface area contributed by atoms with Gasteiger partial charge in [0.2, 0.25) is 0 Å². The van der Waals surface area contributed by atoms with E-state index < -0.39 is 0 Å². The molecular formula is C16H27Cl. The summed E-state index contributed by atoms with van der Waals surface area (Å²) in [7, 11) is 0. The Morgan fingerprint density at radius 2 is 2.00 bits per heavy atom. The third kappa shape index (κ3) is 3.28. The average molecular weight is 255 g/mol. The van der Waals surface area contributed by atoms with E-state index in [0.29, 0.717) is 5.41 Å². The van der Waals surface area contributed by atoms with Crippen LogP contribution in [-0.4, -0.2) is 5.38 Å². The van der Waals surface area contributed by atoms with E-state index in [0.717, 1.165) is 18.3 Å². The summed E-state index contributed by atoms with van der Waals surface area (Å²) in [4.78, 5) is 0. The maximum Gasteiger partial charge on any atom is 0.0523 e. The Morgan fingerprint density at radius 3 is 2.65 bits per heavy atom. The van der Waals surface area contributed by atoms with Gasteiger partial charge in [-0.25, -0.2) is 0 Å². The van der Waals surface area contributed by atoms with Gasteiger partial charge < -0.3 is 0 Å². The molecule has 1 heteroatoms. The molecule has 0 saturated heterocycles. The monoisotopic (exact) mass is 254 g/mol. The van der Waals surface area contributed by atoms with E-state index in [9.17, 15) is 0 Å². The Kier molecular flexibility index (Phi) is 4.23. The third-order valence-electron chi connectivity index (χ3n) is 4.73. The number of rotatable bonds is 2. The van der Waals surface area contributed by atoms with Gasteiger partial charge >= 0.3 is 0 Å². The van der Waals surface area contributed by atoms with Gasteiger partial charge in [0, 0.05) is 0 Å². The van der Waals surface area contributed by atoms with E-state index in [1.54, 1.807) is 5.57 Å². The lowest BCUT2D eigenvalue weighted by molar-refractivity contribution is 0.229. The van der Waals surface area contributed by atoms with E-state index in [1.807, 2.05) is 0 Å². The Hall–Kier alpha value is 0.0300. The molecule has 0 radical (unpaired) electrons. The van der Waals surface area contributed by atoms with E-state index in [1.165, 1.54) is 38.5 Å². The molecule has 0 bridgehead atoms. The molecule has 1 saturated carbocycles. The van der Waals surface area contributed by atoms with Gasteiger partial charge in [-0.1, -0.05) is 51.7 Å². The van der Waals surface area contributed by atoms with Crippen LogP contribution in [0.3, 0.4) is 0 Å². The SMILES string of the molecule is CCC1CCCCC1C1=CC(Cl)CC(C)(C)C1. The summed E-state index contributed by atoms with van der Waals surface area (Å²) in [6, 6.07) is 0. The summed E-state index contributed by atoms with van der Waals surface area (Å²) in [5, 5.41) is 0.271. The highest BCUT2D eigenvalue weighted by atomic mass is 35.5. The van der Waals surface area contributed by atoms with Crippen LogP contribution in [0.5, 0.6) is 0 Å². The summed E-state index contributed by atoms with van der Waals surface area (Å²) in [5.74, 6) is 1.77. The molecule has 2 aliphatic rings. The second-order valence-electron chi connectivity index (χ2n) is 6.86. The third-order valence-corrected chi connectivity index (χ3v) is 5.02. The van der Waals surface area contributed by atoms with Crippen molar-refractivity contribution in [2.75, 3.05) is 0 Å². The first-order valence-corrected chi connectivity index (χ1v) is 7.80. The molecule has 2 aliphatic carbocycles. The van der Waals surface area contributed by atoms with Crippen LogP contribution in [0.15, 0.2) is 11.6 Å². The van der Waals surface area contributed by atoms with Gasteiger partial charge in [-0.3, -0.25) is 0 Å². The molecule has 0 aromatic rings. The van der Waals surface area contributed by atoms with Crippen LogP contribution in [0.1, 0.15) is 65.7 Å². The zero-order valence-electron chi connectivity index (χ0n) is 11.6. The maximum absolute atomic E-state index is 6.43. The number of hydrogen-bond acceptors (Lipinski definition) is 0. The molecule has 1 fully saturated rings. The number of alkyl halides is 1. The van der Waals surface area contributed by atoms with Crippen molar-refractivity contribution in [3.63, 3.8) is 0 Å². The van der Waals surface area contributed by atoms with Crippen molar-refractivity contribution >= 4 is 11.6 Å². The van der Waals surface area contributed by atoms with Crippen molar-refractivity contribution in [3.05, 3.63) is 11.6 Å². The summed E-state index contributed by atoms with van der Waals surface area (Å²) in [6.07, 6.45) is 11.9. The fourth-order valence-electron chi connectivity index (χ4n) is 3.94. The van der Waals surface area contributed by atoms with Crippen LogP contribution >= 0.6 is 11.6 Å². The van der Waals surface area contributed by atoms with Crippen molar-refractivity contribution in [3.8, 4) is 0 Å². The Labute approximate surface area is 112 Å². The molecule has 98 valence electrons. The second-order valence-corrected chi connectivity index (χ2v) is 7.42. The lowest BCUT2D eigenvalue weighted by Crippen LogP contribution is -2.29. The molecule has 0 N–H and O–H groups in total. The molecule has 0 nitrogen and oxygen atoms in total. The smallest absolute Gasteiger partial charge is 0.0523 e. The number of halogens is 1. The highest BCUT2D eigenvalue weighted by Gasteiger charge is 2.34. The van der Waals surface area contributed by atoms with Crippen molar-refractivity contribution in [2.45, 2.75) is 71.1 Å². The van der Waals surface area contributed by atoms with Gasteiger partial charge in [0.25, 0.3) is 0 Å². The molecule has 0 aromatic heterocycles. The molecule has 3 atom stereocenters. The standard InChI is InChI=1S/C16H27Cl/c1-4-12-7-5-6-8-15(12)13-9-14(17)11-16(2,3)10-13/h9,12,14-15H,4-8,10-11H2,1-3H3. The second kappa shape index (κ2) is 5.34. The van der Waals surface area contributed by atoms with Crippen molar-refractivity contribution in [1.29, 1.82) is 0 Å². The van der Waals surface area contributed by atoms with Gasteiger partial charge in [-0.05, 0) is 42.9 Å². The summed E-state index contributed by atoms with van der Waals surface area (Å²) < 4.78 is 0. The largest absolute Gasteiger partial charge is 0.118 e. The molecular weight excluding hydrogens is 228 g/mol. The predicted molar refractivity (Wildman–Crippen MR) is 76.5 cm³/mol. The topological polar surface area (TPSA) is 0 Å². The Balaban J connectivity index is 2.14. The number of allylic oxidation sites excluding steroid dienone is 2. The van der Waals surface area contributed by atoms with Crippen molar-refractivity contribution < 1.29 is 0 Å². The zero-order valence-corrected chi connectivity index (χ0v) is 12.4. The van der Waals surface area contributed by atoms with Crippen LogP contribution in [0.25, 0.3) is 0 Å². The van der Waals surface area contributed by atoms with E-state index in [-0.39, 0.29) is 5.38 Å². The average Bonchev–Trinajstić information content (AvgIpc) is 2.26. The minimum absolute atomic E-state index is 0.271. The predicted octanol–water partition coefficient (Wildman–Crippen LogP) is 5.56. The van der Waals surface area contributed by atoms with Gasteiger partial charge in [-0.2, -0.15) is 0 Å². The molecule has 0 spiro atoms. The molecule has 2 rings (SSSR count). The first-order valence-electron chi connectivity index (χ1n) is 7.36. The maximum atomic E-state index is 6.43. The zero-order chi connectivity index (χ0) is 12.5. The molecule has 0 aromatic carbocycles. The number of hydrogen-bond donors (Lipinski definition) is 0. The lowest BCUT2D eigenvalue weighted by atomic mass is 9.67. The van der Waals surface area contributed by atoms with E-state index in [2.05, 4.69) is 26.8 Å². The summed E-state index contributed by atoms with van der Waals surface area (Å²) >= 11 is 6.43. The normalized spacial score (nSPS) is 37.6. The van der Waals surface area contributed by atoms with Crippen molar-refractivity contribution in [2.24, 2.45) is 17.3 Å². The summed E-state index contributed by atoms with van der Waals surface area (Å²) in [6.45, 7) is 7.11. The van der Waals surface area contributed by atoms with Crippen LogP contribution in [0.4, 0.5) is 0 Å². The minimum Gasteiger partial charge on any atom is -0.118 e. The fourth-order valence-corrected chi connectivity index (χ4v) is 4.52. The molecule has 0 heterocycles. The molecule has 0 amide bonds. The summed E-state index contributed by atoms with van der Waals surface area (Å²) in [5.41, 5.74) is 2.10. The lowest BCUT2D eigenvalue weighted by Gasteiger charge is -2.40. The highest BCUT2D eigenvalue weighted by molar-refractivity contribution is 6.21. The van der Waals surface area contributed by atoms with Crippen LogP contribution in [-0.2, 0) is 0 Å². The van der Waals surface area contributed by atoms with Gasteiger partial charge in [0.05, 0.1) is 5.38 Å². The quantitative estimate of drug-likeness (QED) is 0.447. The molecule has 0 aliphatic heterocycles. The fraction of sp³-hybridized carbons (Fsp3) is 0.875. The van der Waals surface area contributed by atoms with Gasteiger partial charge in [0.1, 0.15) is 0 Å². The van der Waals surface area contributed by atoms with Gasteiger partial charge in [-0.15, -0.1) is 11.6 Å². The highest BCUT2D eigenvalue weighted by Crippen LogP contribution is 2.45. The van der Waals surface area contributed by atoms with Crippen LogP contribution in [0, 0.1) is 17.3 Å². The minimum atomic E-state index is 0.271. The van der Waals surface area contributed by atoms with Gasteiger partial charge in [0.15, 0.2) is 0 Å². The molecule has 17 heavy (non-hydrogen) atoms. The van der Waals surface area contributed by atoms with Crippen LogP contribution < -0.4 is 0 Å². The Morgan fingerprint density at radius 1 is 1.29 bits per heavy atom. The van der Waals surface area contributed by atoms with E-state index >= 15 is 0 Å². The van der Waals surface area contributed by atoms with E-state index in [4.69, 9.17) is 11.6 Å².